The Labute approximate surface area is 123 Å². The fourth-order valence-corrected chi connectivity index (χ4v) is 2.39. The molecule has 1 aliphatic rings. The Morgan fingerprint density at radius 1 is 1.20 bits per heavy atom. The Morgan fingerprint density at radius 2 is 1.80 bits per heavy atom. The van der Waals surface area contributed by atoms with Crippen molar-refractivity contribution in [2.75, 3.05) is 26.2 Å². The van der Waals surface area contributed by atoms with E-state index in [9.17, 15) is 9.59 Å². The summed E-state index contributed by atoms with van der Waals surface area (Å²) in [5.41, 5.74) is 0.536. The average molecular weight is 296 g/mol. The monoisotopic (exact) mass is 295 g/mol. The molecule has 1 fully saturated rings. The Bertz CT molecular complexity index is 511. The van der Waals surface area contributed by atoms with Crippen molar-refractivity contribution in [1.29, 1.82) is 0 Å². The molecular weight excluding hydrogens is 278 g/mol. The molecule has 0 aromatic carbocycles. The normalized spacial score (nSPS) is 15.6. The van der Waals surface area contributed by atoms with Gasteiger partial charge < -0.3 is 9.80 Å². The summed E-state index contributed by atoms with van der Waals surface area (Å²) in [4.78, 5) is 31.6. The van der Waals surface area contributed by atoms with Gasteiger partial charge in [0.05, 0.1) is 0 Å². The number of amides is 2. The molecule has 0 radical (unpaired) electrons. The van der Waals surface area contributed by atoms with Crippen molar-refractivity contribution in [3.8, 4) is 0 Å². The minimum absolute atomic E-state index is 0.00347. The highest BCUT2D eigenvalue weighted by Crippen LogP contribution is 2.13. The van der Waals surface area contributed by atoms with E-state index >= 15 is 0 Å². The molecule has 1 aliphatic heterocycles. The fourth-order valence-electron chi connectivity index (χ4n) is 2.21. The molecular formula is C14H18ClN3O2. The first kappa shape index (κ1) is 14.8. The molecule has 6 heteroatoms. The zero-order chi connectivity index (χ0) is 14.7. The van der Waals surface area contributed by atoms with Gasteiger partial charge in [0.2, 0.25) is 5.91 Å². The summed E-state index contributed by atoms with van der Waals surface area (Å²) in [5.74, 6) is 0.0752. The van der Waals surface area contributed by atoms with E-state index in [0.717, 1.165) is 0 Å². The van der Waals surface area contributed by atoms with Crippen LogP contribution in [0.3, 0.4) is 0 Å². The highest BCUT2D eigenvalue weighted by molar-refractivity contribution is 6.29. The van der Waals surface area contributed by atoms with Gasteiger partial charge >= 0.3 is 0 Å². The summed E-state index contributed by atoms with van der Waals surface area (Å²) in [7, 11) is 0. The fraction of sp³-hybridized carbons (Fsp3) is 0.500. The van der Waals surface area contributed by atoms with E-state index in [1.165, 1.54) is 6.20 Å². The second-order valence-electron chi connectivity index (χ2n) is 5.14. The molecule has 1 aromatic rings. The molecule has 0 unspecified atom stereocenters. The molecule has 108 valence electrons. The van der Waals surface area contributed by atoms with E-state index in [-0.39, 0.29) is 17.7 Å². The number of hydrogen-bond donors (Lipinski definition) is 0. The first-order valence-electron chi connectivity index (χ1n) is 6.68. The largest absolute Gasteiger partial charge is 0.339 e. The number of pyridine rings is 1. The molecule has 0 saturated carbocycles. The van der Waals surface area contributed by atoms with Crippen LogP contribution in [0.1, 0.15) is 24.2 Å². The highest BCUT2D eigenvalue weighted by atomic mass is 35.5. The third-order valence-electron chi connectivity index (χ3n) is 3.35. The summed E-state index contributed by atoms with van der Waals surface area (Å²) in [5, 5.41) is 0.310. The first-order chi connectivity index (χ1) is 9.49. The molecule has 2 amide bonds. The van der Waals surface area contributed by atoms with E-state index in [2.05, 4.69) is 4.98 Å². The van der Waals surface area contributed by atoms with Gasteiger partial charge in [0, 0.05) is 43.9 Å². The molecule has 0 atom stereocenters. The Kier molecular flexibility index (Phi) is 4.60. The van der Waals surface area contributed by atoms with Crippen molar-refractivity contribution in [2.45, 2.75) is 13.8 Å². The number of halogens is 1. The average Bonchev–Trinajstić information content (AvgIpc) is 2.46. The van der Waals surface area contributed by atoms with Crippen LogP contribution < -0.4 is 0 Å². The number of carbonyl (C=O) groups is 2. The van der Waals surface area contributed by atoms with Gasteiger partial charge in [-0.15, -0.1) is 0 Å². The molecule has 5 nitrogen and oxygen atoms in total. The summed E-state index contributed by atoms with van der Waals surface area (Å²) in [6.45, 7) is 6.05. The standard InChI is InChI=1S/C14H18ClN3O2/c1-10(2)13(19)17-5-7-18(8-6-17)14(20)11-3-4-16-12(15)9-11/h3-4,9-10H,5-8H2,1-2H3. The number of carbonyl (C=O) groups excluding carboxylic acids is 2. The lowest BCUT2D eigenvalue weighted by Crippen LogP contribution is -2.51. The number of rotatable bonds is 2. The quantitative estimate of drug-likeness (QED) is 0.780. The number of piperazine rings is 1. The summed E-state index contributed by atoms with van der Waals surface area (Å²) in [6, 6.07) is 3.22. The van der Waals surface area contributed by atoms with Gasteiger partial charge in [0.25, 0.3) is 5.91 Å². The number of aromatic nitrogens is 1. The molecule has 20 heavy (non-hydrogen) atoms. The van der Waals surface area contributed by atoms with Crippen LogP contribution in [0, 0.1) is 5.92 Å². The van der Waals surface area contributed by atoms with E-state index in [4.69, 9.17) is 11.6 Å². The van der Waals surface area contributed by atoms with Gasteiger partial charge in [-0.25, -0.2) is 4.98 Å². The van der Waals surface area contributed by atoms with Gasteiger partial charge in [-0.1, -0.05) is 25.4 Å². The van der Waals surface area contributed by atoms with Crippen molar-refractivity contribution in [3.63, 3.8) is 0 Å². The summed E-state index contributed by atoms with van der Waals surface area (Å²) >= 11 is 5.79. The van der Waals surface area contributed by atoms with Gasteiger partial charge in [0.15, 0.2) is 0 Å². The van der Waals surface area contributed by atoms with Crippen LogP contribution in [-0.2, 0) is 4.79 Å². The lowest BCUT2D eigenvalue weighted by atomic mass is 10.1. The minimum atomic E-state index is -0.0639. The second kappa shape index (κ2) is 6.22. The van der Waals surface area contributed by atoms with E-state index in [1.807, 2.05) is 18.7 Å². The van der Waals surface area contributed by atoms with E-state index < -0.39 is 0 Å². The molecule has 0 spiro atoms. The maximum Gasteiger partial charge on any atom is 0.254 e. The zero-order valence-electron chi connectivity index (χ0n) is 11.7. The molecule has 0 N–H and O–H groups in total. The second-order valence-corrected chi connectivity index (χ2v) is 5.53. The molecule has 2 rings (SSSR count). The van der Waals surface area contributed by atoms with Gasteiger partial charge in [-0.2, -0.15) is 0 Å². The molecule has 0 bridgehead atoms. The predicted octanol–water partition coefficient (Wildman–Crippen LogP) is 1.68. The van der Waals surface area contributed by atoms with Crippen molar-refractivity contribution in [1.82, 2.24) is 14.8 Å². The van der Waals surface area contributed by atoms with Crippen LogP contribution in [0.2, 0.25) is 5.15 Å². The minimum Gasteiger partial charge on any atom is -0.339 e. The Balaban J connectivity index is 1.97. The van der Waals surface area contributed by atoms with Crippen LogP contribution in [0.4, 0.5) is 0 Å². The molecule has 2 heterocycles. The Hall–Kier alpha value is -1.62. The van der Waals surface area contributed by atoms with Crippen LogP contribution in [0.25, 0.3) is 0 Å². The topological polar surface area (TPSA) is 53.5 Å². The van der Waals surface area contributed by atoms with Crippen molar-refractivity contribution in [2.24, 2.45) is 5.92 Å². The van der Waals surface area contributed by atoms with E-state index in [1.54, 1.807) is 17.0 Å². The predicted molar refractivity (Wildman–Crippen MR) is 76.6 cm³/mol. The molecule has 1 saturated heterocycles. The van der Waals surface area contributed by atoms with Crippen molar-refractivity contribution in [3.05, 3.63) is 29.0 Å². The first-order valence-corrected chi connectivity index (χ1v) is 7.06. The highest BCUT2D eigenvalue weighted by Gasteiger charge is 2.25. The Morgan fingerprint density at radius 3 is 2.35 bits per heavy atom. The number of hydrogen-bond acceptors (Lipinski definition) is 3. The maximum atomic E-state index is 12.3. The van der Waals surface area contributed by atoms with E-state index in [0.29, 0.717) is 36.9 Å². The summed E-state index contributed by atoms with van der Waals surface area (Å²) < 4.78 is 0. The van der Waals surface area contributed by atoms with Crippen LogP contribution in [-0.4, -0.2) is 52.8 Å². The maximum absolute atomic E-state index is 12.3. The molecule has 1 aromatic heterocycles. The lowest BCUT2D eigenvalue weighted by molar-refractivity contribution is -0.135. The third kappa shape index (κ3) is 3.28. The van der Waals surface area contributed by atoms with Gasteiger partial charge in [-0.3, -0.25) is 9.59 Å². The smallest absolute Gasteiger partial charge is 0.254 e. The SMILES string of the molecule is CC(C)C(=O)N1CCN(C(=O)c2ccnc(Cl)c2)CC1. The van der Waals surface area contributed by atoms with Crippen LogP contribution in [0.5, 0.6) is 0 Å². The van der Waals surface area contributed by atoms with Gasteiger partial charge in [0.1, 0.15) is 5.15 Å². The van der Waals surface area contributed by atoms with Crippen molar-refractivity contribution >= 4 is 23.4 Å². The van der Waals surface area contributed by atoms with Crippen LogP contribution >= 0.6 is 11.6 Å². The van der Waals surface area contributed by atoms with Crippen LogP contribution in [0.15, 0.2) is 18.3 Å². The van der Waals surface area contributed by atoms with Crippen molar-refractivity contribution < 1.29 is 9.59 Å². The third-order valence-corrected chi connectivity index (χ3v) is 3.55. The number of nitrogens with zero attached hydrogens (tertiary/aromatic N) is 3. The lowest BCUT2D eigenvalue weighted by Gasteiger charge is -2.35. The molecule has 0 aliphatic carbocycles. The van der Waals surface area contributed by atoms with Gasteiger partial charge in [-0.05, 0) is 12.1 Å². The zero-order valence-corrected chi connectivity index (χ0v) is 12.4. The summed E-state index contributed by atoms with van der Waals surface area (Å²) in [6.07, 6.45) is 1.52.